The van der Waals surface area contributed by atoms with Crippen molar-refractivity contribution in [2.45, 2.75) is 141 Å². The van der Waals surface area contributed by atoms with Crippen LogP contribution in [0.1, 0.15) is 146 Å². The highest BCUT2D eigenvalue weighted by Gasteiger charge is 2.38. The van der Waals surface area contributed by atoms with Gasteiger partial charge in [-0.15, -0.1) is 0 Å². The van der Waals surface area contributed by atoms with Crippen LogP contribution in [0.2, 0.25) is 0 Å². The van der Waals surface area contributed by atoms with E-state index in [0.717, 1.165) is 30.6 Å². The third-order valence-corrected chi connectivity index (χ3v) is 13.0. The van der Waals surface area contributed by atoms with Crippen LogP contribution in [-0.4, -0.2) is 9.85 Å². The Labute approximate surface area is 339 Å². The number of hydrogen-bond acceptors (Lipinski definition) is 6. The van der Waals surface area contributed by atoms with Gasteiger partial charge in [0.2, 0.25) is 0 Å². The fourth-order valence-corrected chi connectivity index (χ4v) is 9.45. The van der Waals surface area contributed by atoms with Gasteiger partial charge in [-0.2, -0.15) is 0 Å². The summed E-state index contributed by atoms with van der Waals surface area (Å²) in [6, 6.07) is 29.0. The second-order valence-corrected chi connectivity index (χ2v) is 16.9. The Morgan fingerprint density at radius 3 is 1.19 bits per heavy atom. The summed E-state index contributed by atoms with van der Waals surface area (Å²) in [5, 5.41) is 22.2. The van der Waals surface area contributed by atoms with Crippen LogP contribution in [0.4, 0.5) is 11.4 Å². The van der Waals surface area contributed by atoms with E-state index < -0.39 is 9.85 Å². The molecule has 0 unspecified atom stereocenters. The average Bonchev–Trinajstić information content (AvgIpc) is 3.24. The minimum Gasteiger partial charge on any atom is -0.457 e. The van der Waals surface area contributed by atoms with Crippen molar-refractivity contribution in [2.75, 3.05) is 0 Å². The number of nitro groups is 2. The number of unbranched alkanes of at least 4 members (excludes halogenated alkanes) is 8. The van der Waals surface area contributed by atoms with Gasteiger partial charge in [0.15, 0.2) is 0 Å². The first kappa shape index (κ1) is 41.9. The SMILES string of the molecule is CCCCCCCCCCC[C@H]1CC[C@H](CCC2CCC(c3ccc(Oc4ccc([N+](=O)[O-])cc4)cc3)(c3ccc(Oc4ccc([N+](=O)[O-])cc4)cc3)CC2)CC1. The second kappa shape index (κ2) is 21.2. The van der Waals surface area contributed by atoms with E-state index in [9.17, 15) is 20.2 Å². The first-order chi connectivity index (χ1) is 27.8. The van der Waals surface area contributed by atoms with E-state index in [1.165, 1.54) is 151 Å². The zero-order valence-corrected chi connectivity index (χ0v) is 34.0. The standard InChI is InChI=1S/C49H62N2O6/c1-2-3-4-5-6-7-8-9-10-11-38-12-14-39(15-13-38)16-17-40-34-36-49(37-35-40,41-18-26-45(27-19-41)56-47-30-22-43(23-31-47)50(52)53)42-20-28-46(29-21-42)57-48-32-24-44(25-33-48)51(54)55/h18-33,38-40H,2-17,34-37H2,1H3/t38-,39-. The molecule has 8 heteroatoms. The molecule has 8 nitrogen and oxygen atoms in total. The third kappa shape index (κ3) is 12.1. The van der Waals surface area contributed by atoms with Crippen LogP contribution in [0.25, 0.3) is 0 Å². The molecule has 0 bridgehead atoms. The molecule has 0 aliphatic heterocycles. The number of ether oxygens (including phenoxy) is 2. The summed E-state index contributed by atoms with van der Waals surface area (Å²) in [6.07, 6.45) is 27.1. The highest BCUT2D eigenvalue weighted by atomic mass is 16.6. The fraction of sp³-hybridized carbons (Fsp3) is 0.510. The Morgan fingerprint density at radius 1 is 0.474 bits per heavy atom. The molecule has 0 heterocycles. The molecule has 2 fully saturated rings. The molecule has 4 aromatic carbocycles. The summed E-state index contributed by atoms with van der Waals surface area (Å²) < 4.78 is 12.1. The molecule has 2 aliphatic rings. The van der Waals surface area contributed by atoms with E-state index in [-0.39, 0.29) is 16.8 Å². The lowest BCUT2D eigenvalue weighted by atomic mass is 9.62. The van der Waals surface area contributed by atoms with Crippen molar-refractivity contribution in [3.05, 3.63) is 128 Å². The van der Waals surface area contributed by atoms with Crippen LogP contribution in [0, 0.1) is 38.0 Å². The molecule has 0 spiro atoms. The fourth-order valence-electron chi connectivity index (χ4n) is 9.45. The van der Waals surface area contributed by atoms with Gasteiger partial charge in [-0.3, -0.25) is 20.2 Å². The lowest BCUT2D eigenvalue weighted by molar-refractivity contribution is -0.385. The molecule has 57 heavy (non-hydrogen) atoms. The summed E-state index contributed by atoms with van der Waals surface area (Å²) in [4.78, 5) is 21.4. The van der Waals surface area contributed by atoms with Crippen molar-refractivity contribution >= 4 is 11.4 Å². The van der Waals surface area contributed by atoms with Crippen molar-refractivity contribution in [1.82, 2.24) is 0 Å². The van der Waals surface area contributed by atoms with Crippen LogP contribution < -0.4 is 9.47 Å². The number of non-ortho nitro benzene ring substituents is 2. The summed E-state index contributed by atoms with van der Waals surface area (Å²) in [6.45, 7) is 2.29. The maximum atomic E-state index is 11.1. The monoisotopic (exact) mass is 774 g/mol. The summed E-state index contributed by atoms with van der Waals surface area (Å²) in [5.41, 5.74) is 2.43. The third-order valence-electron chi connectivity index (χ3n) is 13.0. The van der Waals surface area contributed by atoms with Crippen molar-refractivity contribution in [3.8, 4) is 23.0 Å². The van der Waals surface area contributed by atoms with Crippen molar-refractivity contribution in [2.24, 2.45) is 17.8 Å². The largest absolute Gasteiger partial charge is 0.457 e. The first-order valence-corrected chi connectivity index (χ1v) is 21.9. The predicted molar refractivity (Wildman–Crippen MR) is 228 cm³/mol. The minimum absolute atomic E-state index is 0.0337. The molecule has 0 aromatic heterocycles. The van der Waals surface area contributed by atoms with Crippen LogP contribution in [0.15, 0.2) is 97.1 Å². The van der Waals surface area contributed by atoms with Gasteiger partial charge in [0.05, 0.1) is 9.85 Å². The van der Waals surface area contributed by atoms with Gasteiger partial charge in [0.1, 0.15) is 23.0 Å². The Bertz CT molecular complexity index is 1700. The number of rotatable bonds is 21. The van der Waals surface area contributed by atoms with E-state index >= 15 is 0 Å². The number of benzene rings is 4. The Morgan fingerprint density at radius 2 is 0.807 bits per heavy atom. The first-order valence-electron chi connectivity index (χ1n) is 21.9. The molecular formula is C49H62N2O6. The van der Waals surface area contributed by atoms with E-state index in [1.807, 2.05) is 24.3 Å². The Hall–Kier alpha value is -4.72. The van der Waals surface area contributed by atoms with Crippen molar-refractivity contribution in [1.29, 1.82) is 0 Å². The highest BCUT2D eigenvalue weighted by Crippen LogP contribution is 2.49. The zero-order valence-electron chi connectivity index (χ0n) is 34.0. The lowest BCUT2D eigenvalue weighted by Gasteiger charge is -2.42. The molecule has 0 amide bonds. The zero-order chi connectivity index (χ0) is 39.9. The number of nitro benzene ring substituents is 2. The van der Waals surface area contributed by atoms with Gasteiger partial charge in [-0.25, -0.2) is 0 Å². The normalized spacial score (nSPS) is 18.2. The molecular weight excluding hydrogens is 713 g/mol. The second-order valence-electron chi connectivity index (χ2n) is 16.9. The maximum absolute atomic E-state index is 11.1. The van der Waals surface area contributed by atoms with Crippen LogP contribution >= 0.6 is 0 Å². The van der Waals surface area contributed by atoms with Crippen LogP contribution in [0.3, 0.4) is 0 Å². The average molecular weight is 775 g/mol. The number of hydrogen-bond donors (Lipinski definition) is 0. The molecule has 6 rings (SSSR count). The smallest absolute Gasteiger partial charge is 0.269 e. The van der Waals surface area contributed by atoms with E-state index in [1.54, 1.807) is 24.3 Å². The molecule has 2 aliphatic carbocycles. The molecule has 304 valence electrons. The van der Waals surface area contributed by atoms with Crippen molar-refractivity contribution < 1.29 is 19.3 Å². The highest BCUT2D eigenvalue weighted by molar-refractivity contribution is 5.46. The topological polar surface area (TPSA) is 105 Å². The molecule has 4 aromatic rings. The lowest BCUT2D eigenvalue weighted by Crippen LogP contribution is -2.33. The summed E-state index contributed by atoms with van der Waals surface area (Å²) in [5.74, 6) is 5.07. The Balaban J connectivity index is 1.03. The predicted octanol–water partition coefficient (Wildman–Crippen LogP) is 15.1. The maximum Gasteiger partial charge on any atom is 0.269 e. The van der Waals surface area contributed by atoms with Gasteiger partial charge >= 0.3 is 0 Å². The Kier molecular flexibility index (Phi) is 15.6. The van der Waals surface area contributed by atoms with E-state index in [4.69, 9.17) is 9.47 Å². The molecule has 0 N–H and O–H groups in total. The molecule has 0 radical (unpaired) electrons. The van der Waals surface area contributed by atoms with Crippen LogP contribution in [0.5, 0.6) is 23.0 Å². The molecule has 0 saturated heterocycles. The minimum atomic E-state index is -0.411. The van der Waals surface area contributed by atoms with Gasteiger partial charge in [0.25, 0.3) is 11.4 Å². The molecule has 2 saturated carbocycles. The van der Waals surface area contributed by atoms with E-state index in [0.29, 0.717) is 23.0 Å². The van der Waals surface area contributed by atoms with Gasteiger partial charge in [-0.1, -0.05) is 134 Å². The van der Waals surface area contributed by atoms with Gasteiger partial charge in [0, 0.05) is 29.7 Å². The summed E-state index contributed by atoms with van der Waals surface area (Å²) >= 11 is 0. The molecule has 0 atom stereocenters. The van der Waals surface area contributed by atoms with Gasteiger partial charge < -0.3 is 9.47 Å². The summed E-state index contributed by atoms with van der Waals surface area (Å²) in [7, 11) is 0. The quantitative estimate of drug-likeness (QED) is 0.0474. The number of nitrogens with zero attached hydrogens (tertiary/aromatic N) is 2. The van der Waals surface area contributed by atoms with Crippen LogP contribution in [-0.2, 0) is 5.41 Å². The van der Waals surface area contributed by atoms with E-state index in [2.05, 4.69) is 31.2 Å². The van der Waals surface area contributed by atoms with Gasteiger partial charge in [-0.05, 0) is 103 Å². The van der Waals surface area contributed by atoms with Crippen molar-refractivity contribution in [3.63, 3.8) is 0 Å².